The minimum Gasteiger partial charge on any atom is -0.316 e. The van der Waals surface area contributed by atoms with Crippen LogP contribution in [0, 0.1) is 11.3 Å². The van der Waals surface area contributed by atoms with E-state index in [0.29, 0.717) is 24.4 Å². The van der Waals surface area contributed by atoms with Gasteiger partial charge in [-0.05, 0) is 50.0 Å². The predicted molar refractivity (Wildman–Crippen MR) is 79.0 cm³/mol. The van der Waals surface area contributed by atoms with Gasteiger partial charge in [0.15, 0.2) is 0 Å². The summed E-state index contributed by atoms with van der Waals surface area (Å²) in [5, 5.41) is 3.53. The molecule has 1 saturated heterocycles. The number of piperidine rings is 1. The molecular formula is C13H25ClN2O2S. The number of sulfonamides is 1. The summed E-state index contributed by atoms with van der Waals surface area (Å²) < 4.78 is 24.7. The van der Waals surface area contributed by atoms with Gasteiger partial charge >= 0.3 is 0 Å². The zero-order chi connectivity index (χ0) is 13.9. The van der Waals surface area contributed by atoms with Crippen LogP contribution in [0.1, 0.15) is 32.1 Å². The lowest BCUT2D eigenvalue weighted by molar-refractivity contribution is 0.256. The van der Waals surface area contributed by atoms with Gasteiger partial charge in [-0.2, -0.15) is 0 Å². The van der Waals surface area contributed by atoms with Crippen molar-refractivity contribution < 1.29 is 8.42 Å². The van der Waals surface area contributed by atoms with Crippen molar-refractivity contribution in [3.05, 3.63) is 0 Å². The van der Waals surface area contributed by atoms with Crippen molar-refractivity contribution in [2.45, 2.75) is 32.1 Å². The molecule has 1 heterocycles. The van der Waals surface area contributed by atoms with Crippen LogP contribution < -0.4 is 5.32 Å². The Morgan fingerprint density at radius 2 is 2.16 bits per heavy atom. The molecule has 0 aromatic carbocycles. The molecule has 1 N–H and O–H groups in total. The summed E-state index contributed by atoms with van der Waals surface area (Å²) in [6.07, 6.45) is 7.08. The highest BCUT2D eigenvalue weighted by Crippen LogP contribution is 2.48. The van der Waals surface area contributed by atoms with Gasteiger partial charge in [-0.3, -0.25) is 0 Å². The normalized spacial score (nSPS) is 27.4. The number of hydrogen-bond acceptors (Lipinski definition) is 3. The number of halogens is 1. The SMILES string of the molecule is CS(=O)(=O)N1CCCC(CNCC2(CCCl)CC2)C1. The van der Waals surface area contributed by atoms with Crippen LogP contribution in [0.3, 0.4) is 0 Å². The topological polar surface area (TPSA) is 49.4 Å². The number of hydrogen-bond donors (Lipinski definition) is 1. The Hall–Kier alpha value is 0.160. The third kappa shape index (κ3) is 4.59. The molecule has 0 spiro atoms. The van der Waals surface area contributed by atoms with Gasteiger partial charge in [0.1, 0.15) is 0 Å². The summed E-state index contributed by atoms with van der Waals surface area (Å²) in [5.41, 5.74) is 0.451. The second-order valence-corrected chi connectivity index (χ2v) is 8.56. The van der Waals surface area contributed by atoms with Gasteiger partial charge in [0.25, 0.3) is 0 Å². The number of rotatable bonds is 7. The number of alkyl halides is 1. The van der Waals surface area contributed by atoms with Crippen molar-refractivity contribution in [3.8, 4) is 0 Å². The lowest BCUT2D eigenvalue weighted by Crippen LogP contribution is -2.43. The van der Waals surface area contributed by atoms with Crippen LogP contribution in [0.4, 0.5) is 0 Å². The average Bonchev–Trinajstić information content (AvgIpc) is 3.09. The fourth-order valence-electron chi connectivity index (χ4n) is 2.93. The molecule has 1 unspecified atom stereocenters. The minimum absolute atomic E-state index is 0.451. The number of nitrogens with one attached hydrogen (secondary N) is 1. The summed E-state index contributed by atoms with van der Waals surface area (Å²) in [7, 11) is -3.02. The fourth-order valence-corrected chi connectivity index (χ4v) is 4.27. The standard InChI is InChI=1S/C13H25ClN2O2S/c1-19(17,18)16-8-2-3-12(10-16)9-15-11-13(4-5-13)6-7-14/h12,15H,2-11H2,1H3. The first-order valence-electron chi connectivity index (χ1n) is 7.17. The van der Waals surface area contributed by atoms with E-state index >= 15 is 0 Å². The van der Waals surface area contributed by atoms with E-state index in [1.165, 1.54) is 19.1 Å². The zero-order valence-electron chi connectivity index (χ0n) is 11.7. The third-order valence-corrected chi connectivity index (χ3v) is 5.92. The predicted octanol–water partition coefficient (Wildman–Crippen LogP) is 1.66. The fraction of sp³-hybridized carbons (Fsp3) is 1.00. The first-order chi connectivity index (χ1) is 8.95. The maximum atomic E-state index is 11.6. The Morgan fingerprint density at radius 1 is 1.42 bits per heavy atom. The van der Waals surface area contributed by atoms with E-state index in [1.807, 2.05) is 0 Å². The van der Waals surface area contributed by atoms with Gasteiger partial charge < -0.3 is 5.32 Å². The van der Waals surface area contributed by atoms with Crippen LogP contribution in [0.15, 0.2) is 0 Å². The van der Waals surface area contributed by atoms with Gasteiger partial charge in [0, 0.05) is 25.5 Å². The molecule has 6 heteroatoms. The lowest BCUT2D eigenvalue weighted by atomic mass is 9.98. The Kier molecular flexibility index (Phi) is 5.15. The molecule has 0 aromatic heterocycles. The average molecular weight is 309 g/mol. The van der Waals surface area contributed by atoms with Crippen molar-refractivity contribution in [2.75, 3.05) is 38.3 Å². The molecule has 1 saturated carbocycles. The molecule has 1 aliphatic heterocycles. The lowest BCUT2D eigenvalue weighted by Gasteiger charge is -2.31. The Morgan fingerprint density at radius 3 is 2.74 bits per heavy atom. The molecule has 112 valence electrons. The highest BCUT2D eigenvalue weighted by Gasteiger charge is 2.41. The maximum absolute atomic E-state index is 11.6. The van der Waals surface area contributed by atoms with Crippen LogP contribution in [0.25, 0.3) is 0 Å². The van der Waals surface area contributed by atoms with Crippen LogP contribution in [-0.2, 0) is 10.0 Å². The van der Waals surface area contributed by atoms with Crippen LogP contribution in [-0.4, -0.2) is 51.0 Å². The summed E-state index contributed by atoms with van der Waals surface area (Å²) in [6, 6.07) is 0. The van der Waals surface area contributed by atoms with Crippen molar-refractivity contribution in [1.29, 1.82) is 0 Å². The molecular weight excluding hydrogens is 284 g/mol. The van der Waals surface area contributed by atoms with Crippen molar-refractivity contribution in [1.82, 2.24) is 9.62 Å². The quantitative estimate of drug-likeness (QED) is 0.728. The zero-order valence-corrected chi connectivity index (χ0v) is 13.3. The molecule has 2 aliphatic rings. The Labute approximate surface area is 121 Å². The minimum atomic E-state index is -3.02. The Balaban J connectivity index is 1.71. The van der Waals surface area contributed by atoms with E-state index in [9.17, 15) is 8.42 Å². The summed E-state index contributed by atoms with van der Waals surface area (Å²) in [5.74, 6) is 1.20. The second kappa shape index (κ2) is 6.29. The van der Waals surface area contributed by atoms with E-state index in [-0.39, 0.29) is 0 Å². The van der Waals surface area contributed by atoms with Crippen LogP contribution in [0.5, 0.6) is 0 Å². The largest absolute Gasteiger partial charge is 0.316 e. The van der Waals surface area contributed by atoms with E-state index in [2.05, 4.69) is 5.32 Å². The molecule has 0 radical (unpaired) electrons. The molecule has 1 atom stereocenters. The molecule has 2 fully saturated rings. The molecule has 2 rings (SSSR count). The summed E-state index contributed by atoms with van der Waals surface area (Å²) >= 11 is 5.82. The maximum Gasteiger partial charge on any atom is 0.211 e. The first-order valence-corrected chi connectivity index (χ1v) is 9.55. The van der Waals surface area contributed by atoms with Crippen molar-refractivity contribution >= 4 is 21.6 Å². The van der Waals surface area contributed by atoms with E-state index < -0.39 is 10.0 Å². The first kappa shape index (κ1) is 15.5. The van der Waals surface area contributed by atoms with Gasteiger partial charge in [-0.15, -0.1) is 11.6 Å². The molecule has 0 amide bonds. The van der Waals surface area contributed by atoms with Crippen LogP contribution in [0.2, 0.25) is 0 Å². The number of nitrogens with zero attached hydrogens (tertiary/aromatic N) is 1. The van der Waals surface area contributed by atoms with E-state index in [1.54, 1.807) is 4.31 Å². The second-order valence-electron chi connectivity index (χ2n) is 6.20. The molecule has 0 aromatic rings. The Bertz CT molecular complexity index is 395. The van der Waals surface area contributed by atoms with Crippen LogP contribution >= 0.6 is 11.6 Å². The summed E-state index contributed by atoms with van der Waals surface area (Å²) in [6.45, 7) is 3.32. The van der Waals surface area contributed by atoms with Crippen molar-refractivity contribution in [2.24, 2.45) is 11.3 Å². The van der Waals surface area contributed by atoms with Gasteiger partial charge in [-0.1, -0.05) is 0 Å². The van der Waals surface area contributed by atoms with E-state index in [0.717, 1.165) is 38.2 Å². The molecule has 19 heavy (non-hydrogen) atoms. The van der Waals surface area contributed by atoms with Gasteiger partial charge in [0.05, 0.1) is 6.26 Å². The van der Waals surface area contributed by atoms with Gasteiger partial charge in [-0.25, -0.2) is 12.7 Å². The molecule has 1 aliphatic carbocycles. The summed E-state index contributed by atoms with van der Waals surface area (Å²) in [4.78, 5) is 0. The third-order valence-electron chi connectivity index (χ3n) is 4.47. The highest BCUT2D eigenvalue weighted by atomic mass is 35.5. The molecule has 4 nitrogen and oxygen atoms in total. The van der Waals surface area contributed by atoms with E-state index in [4.69, 9.17) is 11.6 Å². The monoisotopic (exact) mass is 308 g/mol. The van der Waals surface area contributed by atoms with Crippen molar-refractivity contribution in [3.63, 3.8) is 0 Å². The molecule has 0 bridgehead atoms. The van der Waals surface area contributed by atoms with Gasteiger partial charge in [0.2, 0.25) is 10.0 Å². The highest BCUT2D eigenvalue weighted by molar-refractivity contribution is 7.88. The smallest absolute Gasteiger partial charge is 0.211 e.